The van der Waals surface area contributed by atoms with E-state index < -0.39 is 0 Å². The SMILES string of the molecule is Cc1cccc(Cn2c(=O)n(CCNC(=O)c3ccccc3)c3ncccc32)c1. The van der Waals surface area contributed by atoms with Gasteiger partial charge in [-0.3, -0.25) is 13.9 Å². The maximum atomic E-state index is 13.1. The summed E-state index contributed by atoms with van der Waals surface area (Å²) in [7, 11) is 0. The first-order chi connectivity index (χ1) is 14.1. The van der Waals surface area contributed by atoms with Crippen LogP contribution in [0.5, 0.6) is 0 Å². The van der Waals surface area contributed by atoms with Gasteiger partial charge in [-0.25, -0.2) is 9.78 Å². The second-order valence-corrected chi connectivity index (χ2v) is 6.98. The first-order valence-corrected chi connectivity index (χ1v) is 9.56. The van der Waals surface area contributed by atoms with E-state index in [9.17, 15) is 9.59 Å². The molecule has 2 heterocycles. The average Bonchev–Trinajstić information content (AvgIpc) is 3.00. The summed E-state index contributed by atoms with van der Waals surface area (Å²) in [6, 6.07) is 20.9. The highest BCUT2D eigenvalue weighted by Gasteiger charge is 2.14. The largest absolute Gasteiger partial charge is 0.350 e. The number of nitrogens with one attached hydrogen (secondary N) is 1. The van der Waals surface area contributed by atoms with Crippen molar-refractivity contribution < 1.29 is 4.79 Å². The summed E-state index contributed by atoms with van der Waals surface area (Å²) in [4.78, 5) is 29.7. The Bertz CT molecular complexity index is 1210. The van der Waals surface area contributed by atoms with E-state index in [1.54, 1.807) is 27.5 Å². The number of imidazole rings is 1. The molecular formula is C23H22N4O2. The highest BCUT2D eigenvalue weighted by atomic mass is 16.2. The van der Waals surface area contributed by atoms with Gasteiger partial charge in [-0.05, 0) is 36.8 Å². The third kappa shape index (κ3) is 3.96. The summed E-state index contributed by atoms with van der Waals surface area (Å²) < 4.78 is 3.35. The average molecular weight is 386 g/mol. The van der Waals surface area contributed by atoms with Gasteiger partial charge in [0.2, 0.25) is 0 Å². The minimum atomic E-state index is -0.157. The Hall–Kier alpha value is -3.67. The molecule has 2 aromatic carbocycles. The molecular weight excluding hydrogens is 364 g/mol. The zero-order valence-electron chi connectivity index (χ0n) is 16.2. The van der Waals surface area contributed by atoms with Crippen LogP contribution in [0.1, 0.15) is 21.5 Å². The monoisotopic (exact) mass is 386 g/mol. The van der Waals surface area contributed by atoms with Gasteiger partial charge in [0.15, 0.2) is 5.65 Å². The van der Waals surface area contributed by atoms with E-state index >= 15 is 0 Å². The van der Waals surface area contributed by atoms with E-state index in [4.69, 9.17) is 0 Å². The smallest absolute Gasteiger partial charge is 0.330 e. The highest BCUT2D eigenvalue weighted by molar-refractivity contribution is 5.94. The summed E-state index contributed by atoms with van der Waals surface area (Å²) in [6.45, 7) is 3.21. The first kappa shape index (κ1) is 18.7. The summed E-state index contributed by atoms with van der Waals surface area (Å²) in [5.41, 5.74) is 4.09. The molecule has 0 spiro atoms. The molecule has 0 bridgehead atoms. The van der Waals surface area contributed by atoms with Gasteiger partial charge >= 0.3 is 5.69 Å². The Morgan fingerprint density at radius 1 is 1.00 bits per heavy atom. The van der Waals surface area contributed by atoms with Crippen molar-refractivity contribution in [3.8, 4) is 0 Å². The van der Waals surface area contributed by atoms with Crippen molar-refractivity contribution in [1.82, 2.24) is 19.4 Å². The molecule has 1 N–H and O–H groups in total. The molecule has 0 saturated heterocycles. The second kappa shape index (κ2) is 8.14. The lowest BCUT2D eigenvalue weighted by atomic mass is 10.1. The van der Waals surface area contributed by atoms with Gasteiger partial charge in [0.05, 0.1) is 12.1 Å². The van der Waals surface area contributed by atoms with E-state index in [2.05, 4.69) is 16.4 Å². The van der Waals surface area contributed by atoms with Gasteiger partial charge in [0.1, 0.15) is 0 Å². The third-order valence-corrected chi connectivity index (χ3v) is 4.85. The second-order valence-electron chi connectivity index (χ2n) is 6.98. The molecule has 146 valence electrons. The number of nitrogens with zero attached hydrogens (tertiary/aromatic N) is 3. The molecule has 29 heavy (non-hydrogen) atoms. The Labute approximate surface area is 168 Å². The third-order valence-electron chi connectivity index (χ3n) is 4.85. The molecule has 2 aromatic heterocycles. The van der Waals surface area contributed by atoms with Gasteiger partial charge < -0.3 is 5.32 Å². The van der Waals surface area contributed by atoms with Crippen molar-refractivity contribution in [3.05, 3.63) is 100 Å². The molecule has 0 atom stereocenters. The summed E-state index contributed by atoms with van der Waals surface area (Å²) in [5, 5.41) is 2.87. The van der Waals surface area contributed by atoms with Crippen molar-refractivity contribution >= 4 is 17.1 Å². The van der Waals surface area contributed by atoms with E-state index in [0.717, 1.165) is 16.6 Å². The van der Waals surface area contributed by atoms with Crippen LogP contribution in [-0.4, -0.2) is 26.6 Å². The molecule has 0 aliphatic heterocycles. The number of fused-ring (bicyclic) bond motifs is 1. The van der Waals surface area contributed by atoms with Gasteiger partial charge in [-0.2, -0.15) is 0 Å². The number of rotatable bonds is 6. The highest BCUT2D eigenvalue weighted by Crippen LogP contribution is 2.13. The number of aromatic nitrogens is 3. The summed E-state index contributed by atoms with van der Waals surface area (Å²) in [5.74, 6) is -0.157. The number of pyridine rings is 1. The molecule has 0 aliphatic carbocycles. The van der Waals surface area contributed by atoms with E-state index in [0.29, 0.717) is 30.8 Å². The Kier molecular flexibility index (Phi) is 5.24. The lowest BCUT2D eigenvalue weighted by Gasteiger charge is -2.06. The van der Waals surface area contributed by atoms with Crippen molar-refractivity contribution in [1.29, 1.82) is 0 Å². The normalized spacial score (nSPS) is 10.9. The van der Waals surface area contributed by atoms with Crippen molar-refractivity contribution in [2.45, 2.75) is 20.0 Å². The van der Waals surface area contributed by atoms with E-state index in [1.165, 1.54) is 0 Å². The number of carbonyl (C=O) groups is 1. The van der Waals surface area contributed by atoms with Crippen LogP contribution in [0.2, 0.25) is 0 Å². The fourth-order valence-corrected chi connectivity index (χ4v) is 3.47. The number of carbonyl (C=O) groups excluding carboxylic acids is 1. The number of aryl methyl sites for hydroxylation is 1. The maximum Gasteiger partial charge on any atom is 0.330 e. The van der Waals surface area contributed by atoms with Crippen LogP contribution in [0.15, 0.2) is 77.7 Å². The fourth-order valence-electron chi connectivity index (χ4n) is 3.47. The van der Waals surface area contributed by atoms with Gasteiger partial charge in [0, 0.05) is 24.8 Å². The fraction of sp³-hybridized carbons (Fsp3) is 0.174. The molecule has 0 radical (unpaired) electrons. The van der Waals surface area contributed by atoms with Crippen molar-refractivity contribution in [3.63, 3.8) is 0 Å². The molecule has 6 heteroatoms. The number of amides is 1. The minimum Gasteiger partial charge on any atom is -0.350 e. The van der Waals surface area contributed by atoms with Gasteiger partial charge in [-0.1, -0.05) is 48.0 Å². The van der Waals surface area contributed by atoms with Gasteiger partial charge in [0.25, 0.3) is 5.91 Å². The molecule has 4 aromatic rings. The molecule has 1 amide bonds. The molecule has 0 saturated carbocycles. The zero-order chi connectivity index (χ0) is 20.2. The number of benzene rings is 2. The van der Waals surface area contributed by atoms with Crippen LogP contribution < -0.4 is 11.0 Å². The molecule has 6 nitrogen and oxygen atoms in total. The maximum absolute atomic E-state index is 13.1. The predicted octanol–water partition coefficient (Wildman–Crippen LogP) is 2.98. The summed E-state index contributed by atoms with van der Waals surface area (Å²) >= 11 is 0. The zero-order valence-corrected chi connectivity index (χ0v) is 16.2. The molecule has 4 rings (SSSR count). The van der Waals surface area contributed by atoms with Crippen LogP contribution in [0.25, 0.3) is 11.2 Å². The standard InChI is InChI=1S/C23H22N4O2/c1-17-7-5-8-18(15-17)16-27-20-11-6-12-24-21(20)26(23(27)29)14-13-25-22(28)19-9-3-2-4-10-19/h2-12,15H,13-14,16H2,1H3,(H,25,28). The summed E-state index contributed by atoms with van der Waals surface area (Å²) in [6.07, 6.45) is 1.68. The van der Waals surface area contributed by atoms with Gasteiger partial charge in [-0.15, -0.1) is 0 Å². The lowest BCUT2D eigenvalue weighted by Crippen LogP contribution is -2.32. The topological polar surface area (TPSA) is 68.9 Å². The predicted molar refractivity (Wildman–Crippen MR) is 113 cm³/mol. The first-order valence-electron chi connectivity index (χ1n) is 9.56. The molecule has 0 fully saturated rings. The Morgan fingerprint density at radius 2 is 1.83 bits per heavy atom. The molecule has 0 unspecified atom stereocenters. The van der Waals surface area contributed by atoms with Crippen LogP contribution in [0.3, 0.4) is 0 Å². The van der Waals surface area contributed by atoms with Crippen LogP contribution >= 0.6 is 0 Å². The quantitative estimate of drug-likeness (QED) is 0.554. The van der Waals surface area contributed by atoms with Crippen molar-refractivity contribution in [2.75, 3.05) is 6.54 Å². The van der Waals surface area contributed by atoms with Crippen molar-refractivity contribution in [2.24, 2.45) is 0 Å². The lowest BCUT2D eigenvalue weighted by molar-refractivity contribution is 0.0952. The molecule has 0 aliphatic rings. The number of hydrogen-bond donors (Lipinski definition) is 1. The number of hydrogen-bond acceptors (Lipinski definition) is 3. The van der Waals surface area contributed by atoms with Crippen LogP contribution in [0, 0.1) is 6.92 Å². The van der Waals surface area contributed by atoms with E-state index in [-0.39, 0.29) is 11.6 Å². The minimum absolute atomic E-state index is 0.130. The van der Waals surface area contributed by atoms with Crippen LogP contribution in [0.4, 0.5) is 0 Å². The Morgan fingerprint density at radius 3 is 2.62 bits per heavy atom. The van der Waals surface area contributed by atoms with E-state index in [1.807, 2.05) is 55.5 Å². The van der Waals surface area contributed by atoms with Crippen LogP contribution in [-0.2, 0) is 13.1 Å². The Balaban J connectivity index is 1.57.